The Kier molecular flexibility index (Phi) is 4.61. The lowest BCUT2D eigenvalue weighted by molar-refractivity contribution is 0.416. The van der Waals surface area contributed by atoms with E-state index >= 15 is 0 Å². The van der Waals surface area contributed by atoms with Gasteiger partial charge in [0.25, 0.3) is 0 Å². The SMILES string of the molecule is CCn1cccc1CNc1cc(C(C)(C)C)ccc1OC. The van der Waals surface area contributed by atoms with Crippen LogP contribution in [0, 0.1) is 0 Å². The van der Waals surface area contributed by atoms with Crippen LogP contribution in [-0.4, -0.2) is 11.7 Å². The monoisotopic (exact) mass is 286 g/mol. The Labute approximate surface area is 127 Å². The van der Waals surface area contributed by atoms with Crippen molar-refractivity contribution in [3.63, 3.8) is 0 Å². The minimum absolute atomic E-state index is 0.131. The molecule has 3 heteroatoms. The predicted molar refractivity (Wildman–Crippen MR) is 89.1 cm³/mol. The molecule has 1 aromatic carbocycles. The van der Waals surface area contributed by atoms with E-state index in [0.717, 1.165) is 24.5 Å². The molecule has 2 rings (SSSR count). The maximum Gasteiger partial charge on any atom is 0.141 e. The molecule has 0 unspecified atom stereocenters. The van der Waals surface area contributed by atoms with Crippen molar-refractivity contribution in [1.82, 2.24) is 4.57 Å². The summed E-state index contributed by atoms with van der Waals surface area (Å²) in [6, 6.07) is 10.6. The van der Waals surface area contributed by atoms with Gasteiger partial charge in [-0.2, -0.15) is 0 Å². The minimum Gasteiger partial charge on any atom is -0.495 e. The highest BCUT2D eigenvalue weighted by atomic mass is 16.5. The van der Waals surface area contributed by atoms with Crippen molar-refractivity contribution in [2.24, 2.45) is 0 Å². The summed E-state index contributed by atoms with van der Waals surface area (Å²) < 4.78 is 7.71. The third-order valence-corrected chi connectivity index (χ3v) is 3.79. The van der Waals surface area contributed by atoms with Crippen LogP contribution in [-0.2, 0) is 18.5 Å². The zero-order valence-corrected chi connectivity index (χ0v) is 13.7. The molecule has 0 saturated carbocycles. The molecule has 0 aliphatic carbocycles. The molecule has 0 saturated heterocycles. The molecule has 0 aliphatic heterocycles. The maximum absolute atomic E-state index is 5.47. The van der Waals surface area contributed by atoms with Crippen molar-refractivity contribution in [1.29, 1.82) is 0 Å². The molecule has 2 aromatic rings. The molecule has 3 nitrogen and oxygen atoms in total. The first kappa shape index (κ1) is 15.5. The number of hydrogen-bond acceptors (Lipinski definition) is 2. The van der Waals surface area contributed by atoms with Crippen LogP contribution in [0.2, 0.25) is 0 Å². The summed E-state index contributed by atoms with van der Waals surface area (Å²) >= 11 is 0. The van der Waals surface area contributed by atoms with Gasteiger partial charge < -0.3 is 14.6 Å². The van der Waals surface area contributed by atoms with Gasteiger partial charge in [0.2, 0.25) is 0 Å². The van der Waals surface area contributed by atoms with Gasteiger partial charge in [-0.15, -0.1) is 0 Å². The van der Waals surface area contributed by atoms with E-state index in [1.807, 2.05) is 6.07 Å². The summed E-state index contributed by atoms with van der Waals surface area (Å²) in [5.41, 5.74) is 3.76. The largest absolute Gasteiger partial charge is 0.495 e. The fourth-order valence-electron chi connectivity index (χ4n) is 2.42. The first-order valence-electron chi connectivity index (χ1n) is 7.52. The van der Waals surface area contributed by atoms with Crippen LogP contribution in [0.25, 0.3) is 0 Å². The van der Waals surface area contributed by atoms with Gasteiger partial charge in [0, 0.05) is 18.4 Å². The summed E-state index contributed by atoms with van der Waals surface area (Å²) in [6.45, 7) is 10.6. The number of aryl methyl sites for hydroxylation is 1. The van der Waals surface area contributed by atoms with Crippen LogP contribution < -0.4 is 10.1 Å². The lowest BCUT2D eigenvalue weighted by Gasteiger charge is -2.21. The number of ether oxygens (including phenoxy) is 1. The van der Waals surface area contributed by atoms with Crippen molar-refractivity contribution in [2.45, 2.75) is 46.2 Å². The highest BCUT2D eigenvalue weighted by molar-refractivity contribution is 5.59. The van der Waals surface area contributed by atoms with Crippen LogP contribution in [0.3, 0.4) is 0 Å². The predicted octanol–water partition coefficient (Wildman–Crippen LogP) is 4.43. The molecule has 0 aliphatic rings. The van der Waals surface area contributed by atoms with Gasteiger partial charge in [0.15, 0.2) is 0 Å². The molecular formula is C18H26N2O. The van der Waals surface area contributed by atoms with E-state index < -0.39 is 0 Å². The number of hydrogen-bond donors (Lipinski definition) is 1. The topological polar surface area (TPSA) is 26.2 Å². The number of nitrogens with one attached hydrogen (secondary N) is 1. The van der Waals surface area contributed by atoms with Gasteiger partial charge in [-0.3, -0.25) is 0 Å². The molecule has 1 aromatic heterocycles. The normalized spacial score (nSPS) is 11.5. The third kappa shape index (κ3) is 3.60. The van der Waals surface area contributed by atoms with Crippen LogP contribution in [0.5, 0.6) is 5.75 Å². The van der Waals surface area contributed by atoms with Gasteiger partial charge in [0.1, 0.15) is 5.75 Å². The second-order valence-electron chi connectivity index (χ2n) is 6.30. The smallest absolute Gasteiger partial charge is 0.141 e. The van der Waals surface area contributed by atoms with Gasteiger partial charge in [-0.25, -0.2) is 0 Å². The van der Waals surface area contributed by atoms with Crippen molar-refractivity contribution < 1.29 is 4.74 Å². The average molecular weight is 286 g/mol. The van der Waals surface area contributed by atoms with Crippen molar-refractivity contribution >= 4 is 5.69 Å². The third-order valence-electron chi connectivity index (χ3n) is 3.79. The number of anilines is 1. The van der Waals surface area contributed by atoms with E-state index in [1.165, 1.54) is 11.3 Å². The zero-order valence-electron chi connectivity index (χ0n) is 13.7. The van der Waals surface area contributed by atoms with Crippen LogP contribution in [0.1, 0.15) is 39.0 Å². The minimum atomic E-state index is 0.131. The summed E-state index contributed by atoms with van der Waals surface area (Å²) in [5.74, 6) is 0.887. The molecule has 1 N–H and O–H groups in total. The highest BCUT2D eigenvalue weighted by Gasteiger charge is 2.16. The van der Waals surface area contributed by atoms with E-state index in [1.54, 1.807) is 7.11 Å². The Morgan fingerprint density at radius 3 is 2.57 bits per heavy atom. The molecule has 0 bridgehead atoms. The van der Waals surface area contributed by atoms with E-state index in [2.05, 4.69) is 68.0 Å². The molecular weight excluding hydrogens is 260 g/mol. The lowest BCUT2D eigenvalue weighted by atomic mass is 9.87. The molecule has 0 fully saturated rings. The zero-order chi connectivity index (χ0) is 15.5. The fourth-order valence-corrected chi connectivity index (χ4v) is 2.42. The van der Waals surface area contributed by atoms with Crippen molar-refractivity contribution in [2.75, 3.05) is 12.4 Å². The first-order valence-corrected chi connectivity index (χ1v) is 7.52. The Bertz CT molecular complexity index is 594. The summed E-state index contributed by atoms with van der Waals surface area (Å²) in [4.78, 5) is 0. The second kappa shape index (κ2) is 6.25. The molecule has 114 valence electrons. The van der Waals surface area contributed by atoms with E-state index in [4.69, 9.17) is 4.74 Å². The molecule has 0 atom stereocenters. The lowest BCUT2D eigenvalue weighted by Crippen LogP contribution is -2.12. The van der Waals surface area contributed by atoms with Crippen LogP contribution >= 0.6 is 0 Å². The number of nitrogens with zero attached hydrogens (tertiary/aromatic N) is 1. The number of methoxy groups -OCH3 is 1. The quantitative estimate of drug-likeness (QED) is 0.880. The maximum atomic E-state index is 5.47. The molecule has 1 heterocycles. The highest BCUT2D eigenvalue weighted by Crippen LogP contribution is 2.31. The van der Waals surface area contributed by atoms with Gasteiger partial charge in [-0.1, -0.05) is 26.8 Å². The first-order chi connectivity index (χ1) is 9.95. The van der Waals surface area contributed by atoms with Crippen LogP contribution in [0.4, 0.5) is 5.69 Å². The Morgan fingerprint density at radius 1 is 1.19 bits per heavy atom. The number of rotatable bonds is 5. The van der Waals surface area contributed by atoms with Gasteiger partial charge >= 0.3 is 0 Å². The van der Waals surface area contributed by atoms with Gasteiger partial charge in [-0.05, 0) is 42.2 Å². The van der Waals surface area contributed by atoms with Crippen molar-refractivity contribution in [3.8, 4) is 5.75 Å². The molecule has 0 amide bonds. The summed E-state index contributed by atoms with van der Waals surface area (Å²) in [5, 5.41) is 3.51. The van der Waals surface area contributed by atoms with E-state index in [9.17, 15) is 0 Å². The van der Waals surface area contributed by atoms with E-state index in [0.29, 0.717) is 0 Å². The Balaban J connectivity index is 2.22. The average Bonchev–Trinajstić information content (AvgIpc) is 2.91. The second-order valence-corrected chi connectivity index (χ2v) is 6.30. The summed E-state index contributed by atoms with van der Waals surface area (Å²) in [7, 11) is 1.71. The van der Waals surface area contributed by atoms with Crippen LogP contribution in [0.15, 0.2) is 36.5 Å². The molecule has 0 spiro atoms. The van der Waals surface area contributed by atoms with Gasteiger partial charge in [0.05, 0.1) is 19.3 Å². The fraction of sp³-hybridized carbons (Fsp3) is 0.444. The number of benzene rings is 1. The number of aromatic nitrogens is 1. The van der Waals surface area contributed by atoms with Crippen molar-refractivity contribution in [3.05, 3.63) is 47.8 Å². The summed E-state index contributed by atoms with van der Waals surface area (Å²) in [6.07, 6.45) is 2.11. The Hall–Kier alpha value is -1.90. The Morgan fingerprint density at radius 2 is 1.95 bits per heavy atom. The molecule has 0 radical (unpaired) electrons. The van der Waals surface area contributed by atoms with E-state index in [-0.39, 0.29) is 5.41 Å². The molecule has 21 heavy (non-hydrogen) atoms. The standard InChI is InChI=1S/C18H26N2O/c1-6-20-11-7-8-15(20)13-19-16-12-14(18(2,3)4)9-10-17(16)21-5/h7-12,19H,6,13H2,1-5H3.